The van der Waals surface area contributed by atoms with E-state index in [9.17, 15) is 8.42 Å². The number of nitriles is 1. The Bertz CT molecular complexity index is 587. The molecule has 1 aromatic carbocycles. The van der Waals surface area contributed by atoms with Crippen molar-refractivity contribution in [3.63, 3.8) is 0 Å². The van der Waals surface area contributed by atoms with Gasteiger partial charge in [-0.3, -0.25) is 0 Å². The van der Waals surface area contributed by atoms with Crippen LogP contribution >= 0.6 is 0 Å². The van der Waals surface area contributed by atoms with Crippen LogP contribution in [0.5, 0.6) is 0 Å². The Morgan fingerprint density at radius 2 is 2.05 bits per heavy atom. The number of hydrogen-bond acceptors (Lipinski definition) is 4. The topological polar surface area (TPSA) is 61.2 Å². The summed E-state index contributed by atoms with van der Waals surface area (Å²) in [5, 5.41) is 8.72. The maximum absolute atomic E-state index is 12.2. The lowest BCUT2D eigenvalue weighted by Crippen LogP contribution is -2.27. The Morgan fingerprint density at radius 3 is 2.60 bits per heavy atom. The maximum atomic E-state index is 12.2. The number of benzene rings is 1. The van der Waals surface area contributed by atoms with Crippen LogP contribution in [0.2, 0.25) is 0 Å². The second-order valence-electron chi connectivity index (χ2n) is 5.32. The van der Waals surface area contributed by atoms with E-state index in [1.807, 2.05) is 6.07 Å². The Morgan fingerprint density at radius 1 is 1.35 bits per heavy atom. The van der Waals surface area contributed by atoms with Crippen molar-refractivity contribution in [2.45, 2.75) is 24.7 Å². The van der Waals surface area contributed by atoms with Gasteiger partial charge in [-0.15, -0.1) is 0 Å². The summed E-state index contributed by atoms with van der Waals surface area (Å²) in [6.45, 7) is 4.79. The molecule has 2 rings (SSSR count). The lowest BCUT2D eigenvalue weighted by Gasteiger charge is -2.15. The number of likely N-dealkylation sites (tertiary alicyclic amines) is 1. The molecule has 0 saturated carbocycles. The third-order valence-corrected chi connectivity index (χ3v) is 5.68. The quantitative estimate of drug-likeness (QED) is 0.833. The van der Waals surface area contributed by atoms with E-state index in [0.717, 1.165) is 13.1 Å². The molecular weight excluding hydrogens is 272 g/mol. The van der Waals surface area contributed by atoms with Gasteiger partial charge >= 0.3 is 0 Å². The van der Waals surface area contributed by atoms with Gasteiger partial charge in [0.1, 0.15) is 0 Å². The van der Waals surface area contributed by atoms with E-state index in [1.54, 1.807) is 12.1 Å². The minimum atomic E-state index is -3.25. The molecule has 1 aromatic rings. The Balaban J connectivity index is 1.95. The van der Waals surface area contributed by atoms with Crippen LogP contribution in [0.25, 0.3) is 0 Å². The zero-order chi connectivity index (χ0) is 14.6. The normalized spacial score (nSPS) is 19.9. The molecule has 1 atom stereocenters. The summed E-state index contributed by atoms with van der Waals surface area (Å²) in [5.74, 6) is 0.864. The van der Waals surface area contributed by atoms with E-state index >= 15 is 0 Å². The molecule has 5 heteroatoms. The second-order valence-corrected chi connectivity index (χ2v) is 7.43. The van der Waals surface area contributed by atoms with E-state index < -0.39 is 9.84 Å². The van der Waals surface area contributed by atoms with E-state index in [0.29, 0.717) is 22.9 Å². The van der Waals surface area contributed by atoms with Crippen molar-refractivity contribution in [1.82, 2.24) is 4.90 Å². The third-order valence-electron chi connectivity index (χ3n) is 3.97. The fourth-order valence-electron chi connectivity index (χ4n) is 2.55. The summed E-state index contributed by atoms with van der Waals surface area (Å²) in [4.78, 5) is 2.54. The lowest BCUT2D eigenvalue weighted by atomic mass is 10.1. The molecule has 0 amide bonds. The minimum absolute atomic E-state index is 0.148. The van der Waals surface area contributed by atoms with Crippen LogP contribution in [0.15, 0.2) is 29.2 Å². The molecule has 0 bridgehead atoms. The lowest BCUT2D eigenvalue weighted by molar-refractivity contribution is 0.341. The van der Waals surface area contributed by atoms with Crippen LogP contribution in [0.1, 0.15) is 25.3 Å². The Kier molecular flexibility index (Phi) is 4.79. The molecule has 1 aliphatic rings. The van der Waals surface area contributed by atoms with Crippen molar-refractivity contribution in [2.24, 2.45) is 5.92 Å². The number of rotatable bonds is 5. The first-order valence-electron chi connectivity index (χ1n) is 7.00. The van der Waals surface area contributed by atoms with E-state index in [4.69, 9.17) is 5.26 Å². The molecule has 1 unspecified atom stereocenters. The summed E-state index contributed by atoms with van der Waals surface area (Å²) in [7, 11) is -3.25. The van der Waals surface area contributed by atoms with Gasteiger partial charge in [-0.25, -0.2) is 8.42 Å². The zero-order valence-electron chi connectivity index (χ0n) is 11.7. The minimum Gasteiger partial charge on any atom is -0.302 e. The smallest absolute Gasteiger partial charge is 0.179 e. The van der Waals surface area contributed by atoms with Crippen molar-refractivity contribution in [1.29, 1.82) is 5.26 Å². The van der Waals surface area contributed by atoms with Crippen LogP contribution in [0.3, 0.4) is 0 Å². The SMILES string of the molecule is CCC1CCN(CCS(=O)(=O)c2ccc(C#N)cc2)C1. The molecular formula is C15H20N2O2S. The van der Waals surface area contributed by atoms with E-state index in [1.165, 1.54) is 25.0 Å². The average molecular weight is 292 g/mol. The fourth-order valence-corrected chi connectivity index (χ4v) is 3.84. The molecule has 1 aliphatic heterocycles. The van der Waals surface area contributed by atoms with Gasteiger partial charge in [0.2, 0.25) is 0 Å². The van der Waals surface area contributed by atoms with Crippen molar-refractivity contribution in [2.75, 3.05) is 25.4 Å². The number of hydrogen-bond donors (Lipinski definition) is 0. The first kappa shape index (κ1) is 15.0. The first-order chi connectivity index (χ1) is 9.55. The number of nitrogens with zero attached hydrogens (tertiary/aromatic N) is 2. The average Bonchev–Trinajstić information content (AvgIpc) is 2.93. The van der Waals surface area contributed by atoms with Crippen molar-refractivity contribution in [3.05, 3.63) is 29.8 Å². The fraction of sp³-hybridized carbons (Fsp3) is 0.533. The predicted molar refractivity (Wildman–Crippen MR) is 78.0 cm³/mol. The second kappa shape index (κ2) is 6.38. The van der Waals surface area contributed by atoms with Crippen LogP contribution in [-0.4, -0.2) is 38.7 Å². The highest BCUT2D eigenvalue weighted by Gasteiger charge is 2.23. The molecule has 0 aliphatic carbocycles. The Labute approximate surface area is 120 Å². The van der Waals surface area contributed by atoms with Crippen LogP contribution in [0, 0.1) is 17.2 Å². The van der Waals surface area contributed by atoms with Crippen molar-refractivity contribution in [3.8, 4) is 6.07 Å². The molecule has 0 aromatic heterocycles. The molecule has 108 valence electrons. The van der Waals surface area contributed by atoms with Gasteiger partial charge in [-0.05, 0) is 43.1 Å². The molecule has 4 nitrogen and oxygen atoms in total. The maximum Gasteiger partial charge on any atom is 0.179 e. The van der Waals surface area contributed by atoms with Gasteiger partial charge in [0, 0.05) is 13.1 Å². The molecule has 0 spiro atoms. The van der Waals surface area contributed by atoms with Gasteiger partial charge in [0.05, 0.1) is 22.3 Å². The summed E-state index contributed by atoms with van der Waals surface area (Å²) in [5.41, 5.74) is 0.481. The summed E-state index contributed by atoms with van der Waals surface area (Å²) >= 11 is 0. The molecule has 1 fully saturated rings. The molecule has 20 heavy (non-hydrogen) atoms. The molecule has 1 heterocycles. The molecule has 0 N–H and O–H groups in total. The van der Waals surface area contributed by atoms with Gasteiger partial charge in [0.25, 0.3) is 0 Å². The van der Waals surface area contributed by atoms with Gasteiger partial charge in [-0.1, -0.05) is 13.3 Å². The first-order valence-corrected chi connectivity index (χ1v) is 8.65. The molecule has 1 saturated heterocycles. The van der Waals surface area contributed by atoms with Crippen molar-refractivity contribution < 1.29 is 8.42 Å². The molecule has 0 radical (unpaired) electrons. The predicted octanol–water partition coefficient (Wildman–Crippen LogP) is 2.06. The van der Waals surface area contributed by atoms with Crippen LogP contribution in [0.4, 0.5) is 0 Å². The van der Waals surface area contributed by atoms with Gasteiger partial charge in [-0.2, -0.15) is 5.26 Å². The van der Waals surface area contributed by atoms with Crippen LogP contribution < -0.4 is 0 Å². The monoisotopic (exact) mass is 292 g/mol. The van der Waals surface area contributed by atoms with Crippen LogP contribution in [-0.2, 0) is 9.84 Å². The third kappa shape index (κ3) is 3.59. The van der Waals surface area contributed by atoms with E-state index in [2.05, 4.69) is 11.8 Å². The Hall–Kier alpha value is -1.38. The van der Waals surface area contributed by atoms with Gasteiger partial charge < -0.3 is 4.90 Å². The largest absolute Gasteiger partial charge is 0.302 e. The zero-order valence-corrected chi connectivity index (χ0v) is 12.6. The highest BCUT2D eigenvalue weighted by Crippen LogP contribution is 2.19. The number of sulfone groups is 1. The van der Waals surface area contributed by atoms with Gasteiger partial charge in [0.15, 0.2) is 9.84 Å². The summed E-state index contributed by atoms with van der Waals surface area (Å²) in [6, 6.07) is 8.13. The summed E-state index contributed by atoms with van der Waals surface area (Å²) < 4.78 is 24.5. The standard InChI is InChI=1S/C15H20N2O2S/c1-2-13-7-8-17(12-13)9-10-20(18,19)15-5-3-14(11-16)4-6-15/h3-6,13H,2,7-10,12H2,1H3. The van der Waals surface area contributed by atoms with E-state index in [-0.39, 0.29) is 5.75 Å². The van der Waals surface area contributed by atoms with Crippen molar-refractivity contribution >= 4 is 9.84 Å². The summed E-state index contributed by atoms with van der Waals surface area (Å²) in [6.07, 6.45) is 2.34. The highest BCUT2D eigenvalue weighted by atomic mass is 32.2. The highest BCUT2D eigenvalue weighted by molar-refractivity contribution is 7.91.